The van der Waals surface area contributed by atoms with Gasteiger partial charge in [0.2, 0.25) is 0 Å². The first-order chi connectivity index (χ1) is 7.45. The van der Waals surface area contributed by atoms with Crippen molar-refractivity contribution in [2.45, 2.75) is 64.5 Å². The minimum absolute atomic E-state index is 0.499. The predicted molar refractivity (Wildman–Crippen MR) is 63.7 cm³/mol. The molecule has 0 saturated heterocycles. The van der Waals surface area contributed by atoms with Crippen molar-refractivity contribution in [1.82, 2.24) is 0 Å². The van der Waals surface area contributed by atoms with Crippen molar-refractivity contribution in [2.75, 3.05) is 0 Å². The fourth-order valence-electron chi connectivity index (χ4n) is 1.53. The lowest BCUT2D eigenvalue weighted by molar-refractivity contribution is 0.129. The standard InChI is InChI=1S/C10H24NO4P/c1-2-3-4-5-6-7-8-9-10(11)15-16(12,13)14/h10H,2-9,11H2,1H3,(H2,12,13,14). The normalized spacial score (nSPS) is 14.0. The van der Waals surface area contributed by atoms with Crippen molar-refractivity contribution in [2.24, 2.45) is 5.73 Å². The minimum Gasteiger partial charge on any atom is -0.306 e. The molecule has 0 aromatic carbocycles. The van der Waals surface area contributed by atoms with Crippen molar-refractivity contribution in [3.8, 4) is 0 Å². The third kappa shape index (κ3) is 12.1. The van der Waals surface area contributed by atoms with Gasteiger partial charge in [0.25, 0.3) is 0 Å². The smallest absolute Gasteiger partial charge is 0.306 e. The van der Waals surface area contributed by atoms with E-state index in [1.807, 2.05) is 0 Å². The number of phosphoric ester groups is 1. The first kappa shape index (κ1) is 16.1. The molecule has 5 nitrogen and oxygen atoms in total. The summed E-state index contributed by atoms with van der Waals surface area (Å²) in [5, 5.41) is 0. The van der Waals surface area contributed by atoms with Crippen LogP contribution in [0.4, 0.5) is 0 Å². The molecule has 4 N–H and O–H groups in total. The van der Waals surface area contributed by atoms with Gasteiger partial charge >= 0.3 is 7.82 Å². The first-order valence-electron chi connectivity index (χ1n) is 5.95. The van der Waals surface area contributed by atoms with Crippen LogP contribution in [0, 0.1) is 0 Å². The van der Waals surface area contributed by atoms with Crippen LogP contribution in [0.1, 0.15) is 58.3 Å². The van der Waals surface area contributed by atoms with Crippen molar-refractivity contribution >= 4 is 7.82 Å². The van der Waals surface area contributed by atoms with Crippen LogP contribution in [0.25, 0.3) is 0 Å². The average molecular weight is 253 g/mol. The highest BCUT2D eigenvalue weighted by atomic mass is 31.2. The molecule has 0 amide bonds. The highest BCUT2D eigenvalue weighted by Crippen LogP contribution is 2.37. The van der Waals surface area contributed by atoms with Crippen LogP contribution >= 0.6 is 7.82 Å². The van der Waals surface area contributed by atoms with Gasteiger partial charge in [0.15, 0.2) is 0 Å². The summed E-state index contributed by atoms with van der Waals surface area (Å²) < 4.78 is 14.8. The van der Waals surface area contributed by atoms with E-state index >= 15 is 0 Å². The molecule has 6 heteroatoms. The highest BCUT2D eigenvalue weighted by Gasteiger charge is 2.18. The van der Waals surface area contributed by atoms with Gasteiger partial charge in [-0.2, -0.15) is 0 Å². The van der Waals surface area contributed by atoms with E-state index in [-0.39, 0.29) is 0 Å². The Balaban J connectivity index is 3.28. The Morgan fingerprint density at radius 3 is 2.12 bits per heavy atom. The van der Waals surface area contributed by atoms with Crippen molar-refractivity contribution in [1.29, 1.82) is 0 Å². The lowest BCUT2D eigenvalue weighted by atomic mass is 10.1. The number of hydrogen-bond acceptors (Lipinski definition) is 3. The summed E-state index contributed by atoms with van der Waals surface area (Å²) in [5.41, 5.74) is 5.41. The fraction of sp³-hybridized carbons (Fsp3) is 1.00. The Bertz CT molecular complexity index is 207. The Labute approximate surface area is 97.6 Å². The molecule has 0 saturated carbocycles. The van der Waals surface area contributed by atoms with Crippen LogP contribution in [0.5, 0.6) is 0 Å². The zero-order chi connectivity index (χ0) is 12.4. The Hall–Kier alpha value is 0.0700. The fourth-order valence-corrected chi connectivity index (χ4v) is 1.99. The van der Waals surface area contributed by atoms with Crippen LogP contribution in [0.15, 0.2) is 0 Å². The van der Waals surface area contributed by atoms with Gasteiger partial charge in [-0.1, -0.05) is 45.4 Å². The SMILES string of the molecule is CCCCCCCCCC(N)OP(=O)(O)O. The van der Waals surface area contributed by atoms with Gasteiger partial charge in [-0.15, -0.1) is 0 Å². The number of rotatable bonds is 10. The van der Waals surface area contributed by atoms with E-state index in [2.05, 4.69) is 11.4 Å². The molecular formula is C10H24NO4P. The van der Waals surface area contributed by atoms with Crippen molar-refractivity contribution in [3.63, 3.8) is 0 Å². The van der Waals surface area contributed by atoms with Crippen LogP contribution in [-0.2, 0) is 9.09 Å². The van der Waals surface area contributed by atoms with Gasteiger partial charge in [-0.05, 0) is 12.8 Å². The lowest BCUT2D eigenvalue weighted by Gasteiger charge is -2.12. The van der Waals surface area contributed by atoms with Crippen molar-refractivity contribution < 1.29 is 18.9 Å². The summed E-state index contributed by atoms with van der Waals surface area (Å²) in [7, 11) is -4.42. The molecule has 0 heterocycles. The van der Waals surface area contributed by atoms with E-state index in [0.717, 1.165) is 19.3 Å². The molecule has 0 aliphatic rings. The summed E-state index contributed by atoms with van der Waals surface area (Å²) in [6.07, 6.45) is 7.71. The Kier molecular flexibility index (Phi) is 9.18. The quantitative estimate of drug-likeness (QED) is 0.316. The van der Waals surface area contributed by atoms with E-state index in [0.29, 0.717) is 6.42 Å². The summed E-state index contributed by atoms with van der Waals surface area (Å²) >= 11 is 0. The van der Waals surface area contributed by atoms with Gasteiger partial charge in [-0.25, -0.2) is 4.57 Å². The Morgan fingerprint density at radius 1 is 1.12 bits per heavy atom. The molecule has 1 unspecified atom stereocenters. The molecule has 0 radical (unpaired) electrons. The zero-order valence-electron chi connectivity index (χ0n) is 9.97. The second-order valence-electron chi connectivity index (χ2n) is 4.04. The third-order valence-corrected chi connectivity index (χ3v) is 2.91. The predicted octanol–water partition coefficient (Wildman–Crippen LogP) is 2.52. The molecule has 0 fully saturated rings. The summed E-state index contributed by atoms with van der Waals surface area (Å²) in [6, 6.07) is 0. The van der Waals surface area contributed by atoms with E-state index in [1.54, 1.807) is 0 Å². The minimum atomic E-state index is -4.42. The summed E-state index contributed by atoms with van der Waals surface area (Å²) in [4.78, 5) is 17.0. The summed E-state index contributed by atoms with van der Waals surface area (Å²) in [6.45, 7) is 2.18. The molecule has 16 heavy (non-hydrogen) atoms. The molecule has 0 rings (SSSR count). The molecule has 0 aromatic rings. The molecule has 0 aromatic heterocycles. The molecule has 0 aliphatic carbocycles. The lowest BCUT2D eigenvalue weighted by Crippen LogP contribution is -2.22. The third-order valence-electron chi connectivity index (χ3n) is 2.36. The molecule has 1 atom stereocenters. The van der Waals surface area contributed by atoms with Crippen LogP contribution in [-0.4, -0.2) is 16.0 Å². The molecular weight excluding hydrogens is 229 g/mol. The van der Waals surface area contributed by atoms with Gasteiger partial charge in [0.05, 0.1) is 0 Å². The maximum atomic E-state index is 10.4. The van der Waals surface area contributed by atoms with Crippen molar-refractivity contribution in [3.05, 3.63) is 0 Å². The number of phosphoric acid groups is 1. The molecule has 0 spiro atoms. The maximum Gasteiger partial charge on any atom is 0.471 e. The van der Waals surface area contributed by atoms with Gasteiger partial charge < -0.3 is 15.5 Å². The van der Waals surface area contributed by atoms with Crippen LogP contribution in [0.3, 0.4) is 0 Å². The zero-order valence-corrected chi connectivity index (χ0v) is 10.9. The molecule has 98 valence electrons. The number of unbranched alkanes of at least 4 members (excludes halogenated alkanes) is 6. The maximum absolute atomic E-state index is 10.4. The van der Waals surface area contributed by atoms with E-state index in [1.165, 1.54) is 25.7 Å². The number of nitrogens with two attached hydrogens (primary N) is 1. The summed E-state index contributed by atoms with van der Waals surface area (Å²) in [5.74, 6) is 0. The van der Waals surface area contributed by atoms with Crippen LogP contribution in [0.2, 0.25) is 0 Å². The topological polar surface area (TPSA) is 92.8 Å². The second-order valence-corrected chi connectivity index (χ2v) is 5.24. The van der Waals surface area contributed by atoms with Gasteiger partial charge in [0.1, 0.15) is 6.23 Å². The first-order valence-corrected chi connectivity index (χ1v) is 7.48. The largest absolute Gasteiger partial charge is 0.471 e. The van der Waals surface area contributed by atoms with Gasteiger partial charge in [-0.3, -0.25) is 4.52 Å². The highest BCUT2D eigenvalue weighted by molar-refractivity contribution is 7.46. The van der Waals surface area contributed by atoms with E-state index < -0.39 is 14.1 Å². The van der Waals surface area contributed by atoms with Crippen LogP contribution < -0.4 is 5.73 Å². The van der Waals surface area contributed by atoms with Gasteiger partial charge in [0, 0.05) is 0 Å². The molecule has 0 aliphatic heterocycles. The van der Waals surface area contributed by atoms with E-state index in [9.17, 15) is 4.57 Å². The second kappa shape index (κ2) is 9.14. The average Bonchev–Trinajstić information content (AvgIpc) is 2.13. The molecule has 0 bridgehead atoms. The monoisotopic (exact) mass is 253 g/mol. The van der Waals surface area contributed by atoms with E-state index in [4.69, 9.17) is 15.5 Å². The Morgan fingerprint density at radius 2 is 1.62 bits per heavy atom. The number of hydrogen-bond donors (Lipinski definition) is 3.